The van der Waals surface area contributed by atoms with Gasteiger partial charge in [-0.2, -0.15) is 0 Å². The topological polar surface area (TPSA) is 15.8 Å². The number of fused-ring (bicyclic) bond motifs is 3. The molecule has 120 valence electrons. The molecule has 0 amide bonds. The molecule has 4 aromatic rings. The fourth-order valence-electron chi connectivity index (χ4n) is 3.80. The van der Waals surface area contributed by atoms with E-state index in [-0.39, 0.29) is 0 Å². The van der Waals surface area contributed by atoms with E-state index >= 15 is 0 Å². The molecule has 0 aliphatic heterocycles. The van der Waals surface area contributed by atoms with Crippen LogP contribution in [0.4, 0.5) is 0 Å². The van der Waals surface area contributed by atoms with Crippen molar-refractivity contribution in [3.8, 4) is 11.1 Å². The maximum atomic E-state index is 3.61. The summed E-state index contributed by atoms with van der Waals surface area (Å²) < 4.78 is 0. The molecule has 0 atom stereocenters. The number of hydrogen-bond donors (Lipinski definition) is 1. The van der Waals surface area contributed by atoms with E-state index in [4.69, 9.17) is 0 Å². The van der Waals surface area contributed by atoms with Crippen LogP contribution in [0, 0.1) is 13.8 Å². The smallest absolute Gasteiger partial charge is 0.0497 e. The SMILES string of the molecule is CCCc1ccccc1-c1cc2c([nH]c3ccccc32)c(C)c1C. The third kappa shape index (κ3) is 2.24. The minimum absolute atomic E-state index is 1.13. The molecule has 0 saturated carbocycles. The van der Waals surface area contributed by atoms with Gasteiger partial charge < -0.3 is 4.98 Å². The summed E-state index contributed by atoms with van der Waals surface area (Å²) in [4.78, 5) is 3.61. The molecule has 1 N–H and O–H groups in total. The number of nitrogens with one attached hydrogen (secondary N) is 1. The standard InChI is InChI=1S/C23H23N/c1-4-9-17-10-5-6-11-18(17)20-14-21-19-12-7-8-13-22(19)24-23(21)16(3)15(20)2/h5-8,10-14,24H,4,9H2,1-3H3. The molecule has 0 unspecified atom stereocenters. The van der Waals surface area contributed by atoms with Crippen molar-refractivity contribution in [1.82, 2.24) is 4.98 Å². The Bertz CT molecular complexity index is 1040. The van der Waals surface area contributed by atoms with Gasteiger partial charge in [-0.25, -0.2) is 0 Å². The second-order valence-electron chi connectivity index (χ2n) is 6.67. The van der Waals surface area contributed by atoms with Crippen molar-refractivity contribution in [1.29, 1.82) is 0 Å². The summed E-state index contributed by atoms with van der Waals surface area (Å²) in [5.41, 5.74) is 9.41. The van der Waals surface area contributed by atoms with Gasteiger partial charge in [-0.1, -0.05) is 55.8 Å². The van der Waals surface area contributed by atoms with E-state index in [2.05, 4.69) is 80.4 Å². The third-order valence-corrected chi connectivity index (χ3v) is 5.20. The molecular weight excluding hydrogens is 290 g/mol. The third-order valence-electron chi connectivity index (χ3n) is 5.20. The van der Waals surface area contributed by atoms with E-state index in [1.165, 1.54) is 56.0 Å². The van der Waals surface area contributed by atoms with Crippen LogP contribution in [0.15, 0.2) is 54.6 Å². The number of para-hydroxylation sites is 1. The van der Waals surface area contributed by atoms with E-state index in [1.807, 2.05) is 0 Å². The van der Waals surface area contributed by atoms with Crippen LogP contribution >= 0.6 is 0 Å². The van der Waals surface area contributed by atoms with Crippen LogP contribution in [0.25, 0.3) is 32.9 Å². The molecule has 4 rings (SSSR count). The monoisotopic (exact) mass is 313 g/mol. The summed E-state index contributed by atoms with van der Waals surface area (Å²) in [6.45, 7) is 6.73. The Morgan fingerprint density at radius 2 is 1.54 bits per heavy atom. The number of aromatic nitrogens is 1. The van der Waals surface area contributed by atoms with Gasteiger partial charge >= 0.3 is 0 Å². The number of aryl methyl sites for hydroxylation is 2. The van der Waals surface area contributed by atoms with E-state index < -0.39 is 0 Å². The molecule has 24 heavy (non-hydrogen) atoms. The summed E-state index contributed by atoms with van der Waals surface area (Å²) in [6.07, 6.45) is 2.30. The largest absolute Gasteiger partial charge is 0.354 e. The lowest BCUT2D eigenvalue weighted by Crippen LogP contribution is -1.94. The Hall–Kier alpha value is -2.54. The zero-order valence-corrected chi connectivity index (χ0v) is 14.6. The van der Waals surface area contributed by atoms with Gasteiger partial charge in [-0.15, -0.1) is 0 Å². The lowest BCUT2D eigenvalue weighted by Gasteiger charge is -2.14. The average molecular weight is 313 g/mol. The first-order valence-corrected chi connectivity index (χ1v) is 8.79. The summed E-state index contributed by atoms with van der Waals surface area (Å²) in [6, 6.07) is 19.8. The molecule has 0 spiro atoms. The molecule has 1 heterocycles. The van der Waals surface area contributed by atoms with E-state index in [9.17, 15) is 0 Å². The second-order valence-corrected chi connectivity index (χ2v) is 6.67. The van der Waals surface area contributed by atoms with Crippen molar-refractivity contribution in [2.45, 2.75) is 33.6 Å². The molecule has 0 bridgehead atoms. The number of aromatic amines is 1. The summed E-state index contributed by atoms with van der Waals surface area (Å²) in [5.74, 6) is 0. The number of rotatable bonds is 3. The fraction of sp³-hybridized carbons (Fsp3) is 0.217. The highest BCUT2D eigenvalue weighted by molar-refractivity contribution is 6.10. The Balaban J connectivity index is 2.06. The summed E-state index contributed by atoms with van der Waals surface area (Å²) in [7, 11) is 0. The molecule has 0 aliphatic carbocycles. The van der Waals surface area contributed by atoms with Crippen LogP contribution in [0.1, 0.15) is 30.0 Å². The van der Waals surface area contributed by atoms with Crippen LogP contribution in [0.5, 0.6) is 0 Å². The van der Waals surface area contributed by atoms with E-state index in [0.29, 0.717) is 0 Å². The van der Waals surface area contributed by atoms with E-state index in [1.54, 1.807) is 0 Å². The second kappa shape index (κ2) is 5.83. The highest BCUT2D eigenvalue weighted by Crippen LogP contribution is 2.36. The molecule has 3 aromatic carbocycles. The molecule has 0 radical (unpaired) electrons. The van der Waals surface area contributed by atoms with Crippen LogP contribution in [-0.2, 0) is 6.42 Å². The lowest BCUT2D eigenvalue weighted by atomic mass is 9.90. The van der Waals surface area contributed by atoms with Crippen molar-refractivity contribution < 1.29 is 0 Å². The van der Waals surface area contributed by atoms with Gasteiger partial charge in [-0.05, 0) is 60.2 Å². The van der Waals surface area contributed by atoms with Gasteiger partial charge in [0, 0.05) is 21.8 Å². The minimum Gasteiger partial charge on any atom is -0.354 e. The van der Waals surface area contributed by atoms with Crippen LogP contribution in [0.2, 0.25) is 0 Å². The zero-order valence-electron chi connectivity index (χ0n) is 14.6. The predicted octanol–water partition coefficient (Wildman–Crippen LogP) is 6.56. The Morgan fingerprint density at radius 1 is 0.792 bits per heavy atom. The first-order chi connectivity index (χ1) is 11.7. The van der Waals surface area contributed by atoms with Crippen molar-refractivity contribution in [2.75, 3.05) is 0 Å². The molecule has 1 aromatic heterocycles. The maximum absolute atomic E-state index is 3.61. The van der Waals surface area contributed by atoms with Gasteiger partial charge in [0.15, 0.2) is 0 Å². The van der Waals surface area contributed by atoms with Gasteiger partial charge in [-0.3, -0.25) is 0 Å². The number of H-pyrrole nitrogens is 1. The first kappa shape index (κ1) is 15.0. The van der Waals surface area contributed by atoms with Crippen LogP contribution in [-0.4, -0.2) is 4.98 Å². The highest BCUT2D eigenvalue weighted by Gasteiger charge is 2.14. The minimum atomic E-state index is 1.13. The van der Waals surface area contributed by atoms with Crippen molar-refractivity contribution in [2.24, 2.45) is 0 Å². The van der Waals surface area contributed by atoms with Crippen molar-refractivity contribution >= 4 is 21.8 Å². The van der Waals surface area contributed by atoms with Crippen molar-refractivity contribution in [3.05, 3.63) is 71.3 Å². The summed E-state index contributed by atoms with van der Waals surface area (Å²) >= 11 is 0. The normalized spacial score (nSPS) is 11.5. The molecule has 0 aliphatic rings. The lowest BCUT2D eigenvalue weighted by molar-refractivity contribution is 0.923. The Morgan fingerprint density at radius 3 is 2.38 bits per heavy atom. The van der Waals surface area contributed by atoms with Gasteiger partial charge in [0.05, 0.1) is 0 Å². The Kier molecular flexibility index (Phi) is 3.65. The average Bonchev–Trinajstić information content (AvgIpc) is 2.98. The maximum Gasteiger partial charge on any atom is 0.0497 e. The van der Waals surface area contributed by atoms with Crippen LogP contribution in [0.3, 0.4) is 0 Å². The molecule has 0 saturated heterocycles. The zero-order chi connectivity index (χ0) is 16.7. The molecule has 1 nitrogen and oxygen atoms in total. The highest BCUT2D eigenvalue weighted by atomic mass is 14.7. The number of hydrogen-bond acceptors (Lipinski definition) is 0. The molecule has 0 fully saturated rings. The quantitative estimate of drug-likeness (QED) is 0.441. The van der Waals surface area contributed by atoms with Crippen LogP contribution < -0.4 is 0 Å². The fourth-order valence-corrected chi connectivity index (χ4v) is 3.80. The van der Waals surface area contributed by atoms with Crippen molar-refractivity contribution in [3.63, 3.8) is 0 Å². The molecular formula is C23H23N. The van der Waals surface area contributed by atoms with Gasteiger partial charge in [0.25, 0.3) is 0 Å². The van der Waals surface area contributed by atoms with Gasteiger partial charge in [0.1, 0.15) is 0 Å². The van der Waals surface area contributed by atoms with E-state index in [0.717, 1.165) is 6.42 Å². The first-order valence-electron chi connectivity index (χ1n) is 8.79. The van der Waals surface area contributed by atoms with Gasteiger partial charge in [0.2, 0.25) is 0 Å². The Labute approximate surface area is 143 Å². The predicted molar refractivity (Wildman–Crippen MR) is 105 cm³/mol. The molecule has 1 heteroatoms. The number of benzene rings is 3. The summed E-state index contributed by atoms with van der Waals surface area (Å²) in [5, 5.41) is 2.64.